The molecule has 0 aliphatic rings. The minimum absolute atomic E-state index is 0.194. The number of fused-ring (bicyclic) bond motifs is 2. The summed E-state index contributed by atoms with van der Waals surface area (Å²) in [6.45, 7) is 5.86. The second-order valence-electron chi connectivity index (χ2n) is 6.23. The van der Waals surface area contributed by atoms with Crippen molar-refractivity contribution in [2.75, 3.05) is 26.8 Å². The Hall–Kier alpha value is -2.01. The number of hydrogen-bond donors (Lipinski definition) is 0. The van der Waals surface area contributed by atoms with E-state index in [0.717, 1.165) is 45.9 Å². The van der Waals surface area contributed by atoms with Gasteiger partial charge in [-0.2, -0.15) is 0 Å². The van der Waals surface area contributed by atoms with E-state index in [0.29, 0.717) is 18.2 Å². The Morgan fingerprint density at radius 3 is 1.78 bits per heavy atom. The minimum atomic E-state index is 0.194. The zero-order chi connectivity index (χ0) is 19.1. The van der Waals surface area contributed by atoms with Crippen molar-refractivity contribution in [3.05, 3.63) is 47.5 Å². The molecule has 0 aromatic heterocycles. The lowest BCUT2D eigenvalue weighted by Gasteiger charge is -2.18. The van der Waals surface area contributed by atoms with Crippen LogP contribution in [0.3, 0.4) is 0 Å². The van der Waals surface area contributed by atoms with Crippen LogP contribution in [0.4, 0.5) is 0 Å². The van der Waals surface area contributed by atoms with Gasteiger partial charge in [0.15, 0.2) is 13.6 Å². The van der Waals surface area contributed by atoms with Gasteiger partial charge in [-0.3, -0.25) is 0 Å². The first-order valence-electron chi connectivity index (χ1n) is 9.31. The molecule has 0 aliphatic heterocycles. The van der Waals surface area contributed by atoms with Gasteiger partial charge in [0.05, 0.1) is 13.2 Å². The van der Waals surface area contributed by atoms with Crippen LogP contribution >= 0.6 is 11.6 Å². The van der Waals surface area contributed by atoms with Crippen molar-refractivity contribution in [3.8, 4) is 11.5 Å². The maximum absolute atomic E-state index is 6.27. The van der Waals surface area contributed by atoms with Gasteiger partial charge in [-0.15, -0.1) is 0 Å². The van der Waals surface area contributed by atoms with Crippen LogP contribution in [0.1, 0.15) is 26.7 Å². The fourth-order valence-corrected chi connectivity index (χ4v) is 3.16. The Bertz CT molecular complexity index is 894. The van der Waals surface area contributed by atoms with Crippen LogP contribution in [-0.2, 0) is 9.47 Å². The van der Waals surface area contributed by atoms with E-state index in [2.05, 4.69) is 13.8 Å². The lowest BCUT2D eigenvalue weighted by atomic mass is 10.0. The Morgan fingerprint density at radius 1 is 0.704 bits per heavy atom. The fraction of sp³-hybridized carbons (Fsp3) is 0.364. The lowest BCUT2D eigenvalue weighted by Crippen LogP contribution is -2.06. The van der Waals surface area contributed by atoms with Gasteiger partial charge in [0.2, 0.25) is 0 Å². The second-order valence-corrected chi connectivity index (χ2v) is 6.67. The van der Waals surface area contributed by atoms with Gasteiger partial charge >= 0.3 is 0 Å². The van der Waals surface area contributed by atoms with Crippen LogP contribution in [-0.4, -0.2) is 26.8 Å². The molecule has 27 heavy (non-hydrogen) atoms. The van der Waals surface area contributed by atoms with E-state index in [9.17, 15) is 0 Å². The van der Waals surface area contributed by atoms with Crippen molar-refractivity contribution in [3.63, 3.8) is 0 Å². The number of benzene rings is 3. The highest BCUT2D eigenvalue weighted by Gasteiger charge is 2.16. The maximum Gasteiger partial charge on any atom is 0.189 e. The quantitative estimate of drug-likeness (QED) is 0.236. The van der Waals surface area contributed by atoms with E-state index < -0.39 is 0 Å². The van der Waals surface area contributed by atoms with Crippen molar-refractivity contribution in [1.82, 2.24) is 0 Å². The topological polar surface area (TPSA) is 36.9 Å². The van der Waals surface area contributed by atoms with Gasteiger partial charge in [0, 0.05) is 26.6 Å². The third-order valence-electron chi connectivity index (χ3n) is 4.16. The molecule has 0 atom stereocenters. The zero-order valence-corrected chi connectivity index (χ0v) is 16.6. The van der Waals surface area contributed by atoms with Crippen molar-refractivity contribution in [2.45, 2.75) is 26.7 Å². The molecule has 3 aromatic rings. The molecule has 0 spiro atoms. The largest absolute Gasteiger partial charge is 0.466 e. The Morgan fingerprint density at radius 2 is 1.22 bits per heavy atom. The average molecular weight is 389 g/mol. The highest BCUT2D eigenvalue weighted by Crippen LogP contribution is 2.43. The zero-order valence-electron chi connectivity index (χ0n) is 15.8. The summed E-state index contributed by atoms with van der Waals surface area (Å²) < 4.78 is 23.1. The first-order chi connectivity index (χ1) is 13.3. The predicted molar refractivity (Wildman–Crippen MR) is 110 cm³/mol. The normalized spacial score (nSPS) is 11.2. The molecule has 0 fully saturated rings. The standard InChI is InChI=1S/C22H25ClO4/c1-3-11-24-14-26-21-17-7-5-6-8-18(17)22(27-15-25-12-4-2)20-13-16(23)9-10-19(20)21/h5-10,13H,3-4,11-12,14-15H2,1-2H3. The summed E-state index contributed by atoms with van der Waals surface area (Å²) in [6.07, 6.45) is 1.90. The molecule has 0 saturated heterocycles. The monoisotopic (exact) mass is 388 g/mol. The smallest absolute Gasteiger partial charge is 0.189 e. The summed E-state index contributed by atoms with van der Waals surface area (Å²) in [5.41, 5.74) is 0. The summed E-state index contributed by atoms with van der Waals surface area (Å²) in [5, 5.41) is 4.40. The first-order valence-corrected chi connectivity index (χ1v) is 9.69. The predicted octanol–water partition coefficient (Wildman–Crippen LogP) is 6.17. The van der Waals surface area contributed by atoms with Gasteiger partial charge < -0.3 is 18.9 Å². The van der Waals surface area contributed by atoms with Crippen LogP contribution in [0.5, 0.6) is 11.5 Å². The summed E-state index contributed by atoms with van der Waals surface area (Å²) in [7, 11) is 0. The number of rotatable bonds is 10. The first kappa shape index (κ1) is 19.7. The maximum atomic E-state index is 6.27. The molecule has 0 unspecified atom stereocenters. The second kappa shape index (κ2) is 9.79. The van der Waals surface area contributed by atoms with Crippen molar-refractivity contribution < 1.29 is 18.9 Å². The van der Waals surface area contributed by atoms with E-state index in [1.54, 1.807) is 0 Å². The summed E-state index contributed by atoms with van der Waals surface area (Å²) in [4.78, 5) is 0. The van der Waals surface area contributed by atoms with Gasteiger partial charge in [0.25, 0.3) is 0 Å². The number of ether oxygens (including phenoxy) is 4. The van der Waals surface area contributed by atoms with E-state index in [1.165, 1.54) is 0 Å². The molecular formula is C22H25ClO4. The molecule has 4 nitrogen and oxygen atoms in total. The van der Waals surface area contributed by atoms with Crippen molar-refractivity contribution >= 4 is 33.1 Å². The molecule has 0 bridgehead atoms. The van der Waals surface area contributed by atoms with Crippen molar-refractivity contribution in [1.29, 1.82) is 0 Å². The van der Waals surface area contributed by atoms with Crippen LogP contribution in [0.15, 0.2) is 42.5 Å². The lowest BCUT2D eigenvalue weighted by molar-refractivity contribution is 0.0160. The van der Waals surface area contributed by atoms with Gasteiger partial charge in [-0.1, -0.05) is 49.7 Å². The number of halogens is 1. The fourth-order valence-electron chi connectivity index (χ4n) is 2.99. The van der Waals surface area contributed by atoms with Crippen LogP contribution < -0.4 is 9.47 Å². The molecule has 3 aromatic carbocycles. The Kier molecular flexibility index (Phi) is 7.16. The highest BCUT2D eigenvalue weighted by atomic mass is 35.5. The molecule has 0 radical (unpaired) electrons. The number of hydrogen-bond acceptors (Lipinski definition) is 4. The molecular weight excluding hydrogens is 364 g/mol. The Labute approximate surface area is 164 Å². The van der Waals surface area contributed by atoms with E-state index in [1.807, 2.05) is 42.5 Å². The third-order valence-corrected chi connectivity index (χ3v) is 4.39. The summed E-state index contributed by atoms with van der Waals surface area (Å²) in [6, 6.07) is 13.7. The van der Waals surface area contributed by atoms with Crippen molar-refractivity contribution in [2.24, 2.45) is 0 Å². The van der Waals surface area contributed by atoms with Gasteiger partial charge in [0.1, 0.15) is 11.5 Å². The average Bonchev–Trinajstić information content (AvgIpc) is 2.69. The van der Waals surface area contributed by atoms with E-state index in [4.69, 9.17) is 30.5 Å². The van der Waals surface area contributed by atoms with Crippen LogP contribution in [0.25, 0.3) is 21.5 Å². The minimum Gasteiger partial charge on any atom is -0.466 e. The molecule has 144 valence electrons. The molecule has 0 amide bonds. The van der Waals surface area contributed by atoms with Crippen LogP contribution in [0.2, 0.25) is 5.02 Å². The van der Waals surface area contributed by atoms with E-state index >= 15 is 0 Å². The van der Waals surface area contributed by atoms with Crippen LogP contribution in [0, 0.1) is 0 Å². The highest BCUT2D eigenvalue weighted by molar-refractivity contribution is 6.31. The molecule has 0 heterocycles. The third kappa shape index (κ3) is 4.64. The molecule has 0 aliphatic carbocycles. The van der Waals surface area contributed by atoms with Gasteiger partial charge in [-0.25, -0.2) is 0 Å². The molecule has 0 N–H and O–H groups in total. The molecule has 0 saturated carbocycles. The SMILES string of the molecule is CCCOCOc1c2ccccc2c(OCOCCC)c2cc(Cl)ccc12. The van der Waals surface area contributed by atoms with E-state index in [-0.39, 0.29) is 13.6 Å². The molecule has 3 rings (SSSR count). The summed E-state index contributed by atoms with van der Waals surface area (Å²) in [5.74, 6) is 1.52. The Balaban J connectivity index is 2.08. The molecule has 5 heteroatoms. The van der Waals surface area contributed by atoms with Gasteiger partial charge in [-0.05, 0) is 31.0 Å². The summed E-state index contributed by atoms with van der Waals surface area (Å²) >= 11 is 6.27.